The Bertz CT molecular complexity index is 571. The molecule has 3 N–H and O–H groups in total. The van der Waals surface area contributed by atoms with Gasteiger partial charge < -0.3 is 5.73 Å². The standard InChI is InChI=1S/C14H20N2O2S2/c1-12(9-11-19-2)16-20(17,18)14-7-5-13(6-8-14)4-3-10-15/h5-8,12,16H,9-11,15H2,1-2H3. The van der Waals surface area contributed by atoms with E-state index < -0.39 is 10.0 Å². The Morgan fingerprint density at radius 3 is 2.55 bits per heavy atom. The van der Waals surface area contributed by atoms with Gasteiger partial charge in [0.2, 0.25) is 10.0 Å². The lowest BCUT2D eigenvalue weighted by Crippen LogP contribution is -2.32. The molecule has 0 aliphatic heterocycles. The molecule has 1 aromatic carbocycles. The lowest BCUT2D eigenvalue weighted by Gasteiger charge is -2.13. The van der Waals surface area contributed by atoms with Crippen LogP contribution >= 0.6 is 11.8 Å². The molecule has 0 amide bonds. The zero-order chi connectivity index (χ0) is 15.0. The molecule has 1 atom stereocenters. The van der Waals surface area contributed by atoms with Crippen molar-refractivity contribution in [2.45, 2.75) is 24.3 Å². The molecule has 1 rings (SSSR count). The number of sulfonamides is 1. The van der Waals surface area contributed by atoms with Crippen LogP contribution in [0, 0.1) is 11.8 Å². The Balaban J connectivity index is 2.77. The van der Waals surface area contributed by atoms with Crippen LogP contribution in [0.1, 0.15) is 18.9 Å². The van der Waals surface area contributed by atoms with Crippen molar-refractivity contribution in [1.29, 1.82) is 0 Å². The molecule has 4 nitrogen and oxygen atoms in total. The van der Waals surface area contributed by atoms with E-state index in [2.05, 4.69) is 16.6 Å². The van der Waals surface area contributed by atoms with Crippen LogP contribution in [-0.2, 0) is 10.0 Å². The second kappa shape index (κ2) is 8.32. The molecule has 20 heavy (non-hydrogen) atoms. The van der Waals surface area contributed by atoms with Crippen molar-refractivity contribution in [2.24, 2.45) is 5.73 Å². The molecule has 0 bridgehead atoms. The number of nitrogens with one attached hydrogen (secondary N) is 1. The molecule has 0 saturated heterocycles. The molecule has 6 heteroatoms. The third-order valence-corrected chi connectivity index (χ3v) is 4.86. The summed E-state index contributed by atoms with van der Waals surface area (Å²) in [7, 11) is -3.46. The van der Waals surface area contributed by atoms with Gasteiger partial charge in [0, 0.05) is 11.6 Å². The predicted molar refractivity (Wildman–Crippen MR) is 85.2 cm³/mol. The first-order chi connectivity index (χ1) is 9.49. The second-order valence-corrected chi connectivity index (χ2v) is 7.03. The van der Waals surface area contributed by atoms with Crippen LogP contribution in [0.5, 0.6) is 0 Å². The van der Waals surface area contributed by atoms with Crippen LogP contribution in [0.25, 0.3) is 0 Å². The molecular weight excluding hydrogens is 292 g/mol. The SMILES string of the molecule is CSCCC(C)NS(=O)(=O)c1ccc(C#CCN)cc1. The fourth-order valence-corrected chi connectivity index (χ4v) is 3.42. The van der Waals surface area contributed by atoms with Gasteiger partial charge in [-0.25, -0.2) is 13.1 Å². The van der Waals surface area contributed by atoms with Gasteiger partial charge in [-0.15, -0.1) is 0 Å². The maximum Gasteiger partial charge on any atom is 0.240 e. The van der Waals surface area contributed by atoms with Crippen LogP contribution < -0.4 is 10.5 Å². The fraction of sp³-hybridized carbons (Fsp3) is 0.429. The molecule has 0 aromatic heterocycles. The first-order valence-corrected chi connectivity index (χ1v) is 9.17. The average molecular weight is 312 g/mol. The van der Waals surface area contributed by atoms with E-state index in [1.165, 1.54) is 0 Å². The van der Waals surface area contributed by atoms with Crippen molar-refractivity contribution < 1.29 is 8.42 Å². The topological polar surface area (TPSA) is 72.2 Å². The minimum absolute atomic E-state index is 0.0795. The van der Waals surface area contributed by atoms with Gasteiger partial charge in [0.25, 0.3) is 0 Å². The molecule has 0 aliphatic carbocycles. The summed E-state index contributed by atoms with van der Waals surface area (Å²) in [6, 6.07) is 6.41. The lowest BCUT2D eigenvalue weighted by molar-refractivity contribution is 0.557. The third kappa shape index (κ3) is 5.55. The Morgan fingerprint density at radius 1 is 1.35 bits per heavy atom. The van der Waals surface area contributed by atoms with Gasteiger partial charge in [-0.2, -0.15) is 11.8 Å². The number of thioether (sulfide) groups is 1. The van der Waals surface area contributed by atoms with Crippen molar-refractivity contribution in [1.82, 2.24) is 4.72 Å². The quantitative estimate of drug-likeness (QED) is 0.779. The molecule has 0 spiro atoms. The number of hydrogen-bond acceptors (Lipinski definition) is 4. The van der Waals surface area contributed by atoms with Gasteiger partial charge in [0.1, 0.15) is 0 Å². The summed E-state index contributed by atoms with van der Waals surface area (Å²) in [4.78, 5) is 0.256. The predicted octanol–water partition coefficient (Wildman–Crippen LogP) is 1.42. The summed E-state index contributed by atoms with van der Waals surface area (Å²) in [5.41, 5.74) is 6.04. The fourth-order valence-electron chi connectivity index (χ4n) is 1.56. The van der Waals surface area contributed by atoms with E-state index in [4.69, 9.17) is 5.73 Å². The monoisotopic (exact) mass is 312 g/mol. The Labute approximate surface area is 125 Å². The highest BCUT2D eigenvalue weighted by atomic mass is 32.2. The normalized spacial score (nSPS) is 12.6. The Kier molecular flexibility index (Phi) is 7.10. The van der Waals surface area contributed by atoms with Gasteiger partial charge >= 0.3 is 0 Å². The van der Waals surface area contributed by atoms with Crippen LogP contribution in [-0.4, -0.2) is 33.0 Å². The number of rotatable bonds is 6. The van der Waals surface area contributed by atoms with Crippen molar-refractivity contribution in [3.63, 3.8) is 0 Å². The largest absolute Gasteiger partial charge is 0.320 e. The van der Waals surface area contributed by atoms with Crippen LogP contribution in [0.4, 0.5) is 0 Å². The first kappa shape index (κ1) is 17.1. The van der Waals surface area contributed by atoms with Crippen LogP contribution in [0.15, 0.2) is 29.2 Å². The summed E-state index contributed by atoms with van der Waals surface area (Å²) in [5, 5.41) is 0. The zero-order valence-electron chi connectivity index (χ0n) is 11.7. The molecular formula is C14H20N2O2S2. The molecule has 1 aromatic rings. The van der Waals surface area contributed by atoms with Gasteiger partial charge in [-0.3, -0.25) is 0 Å². The minimum atomic E-state index is -3.46. The van der Waals surface area contributed by atoms with E-state index >= 15 is 0 Å². The molecule has 1 unspecified atom stereocenters. The van der Waals surface area contributed by atoms with E-state index in [0.29, 0.717) is 0 Å². The number of hydrogen-bond donors (Lipinski definition) is 2. The Hall–Kier alpha value is -1.00. The number of benzene rings is 1. The summed E-state index contributed by atoms with van der Waals surface area (Å²) < 4.78 is 27.0. The van der Waals surface area contributed by atoms with E-state index in [0.717, 1.165) is 17.7 Å². The smallest absolute Gasteiger partial charge is 0.240 e. The number of nitrogens with two attached hydrogens (primary N) is 1. The highest BCUT2D eigenvalue weighted by Gasteiger charge is 2.16. The summed E-state index contributed by atoms with van der Waals surface area (Å²) in [5.74, 6) is 6.52. The lowest BCUT2D eigenvalue weighted by atomic mass is 10.2. The maximum atomic E-state index is 12.2. The minimum Gasteiger partial charge on any atom is -0.320 e. The van der Waals surface area contributed by atoms with Gasteiger partial charge in [0.05, 0.1) is 11.4 Å². The van der Waals surface area contributed by atoms with Crippen LogP contribution in [0.2, 0.25) is 0 Å². The van der Waals surface area contributed by atoms with E-state index in [1.54, 1.807) is 36.0 Å². The molecule has 0 aliphatic rings. The molecule has 0 radical (unpaired) electrons. The van der Waals surface area contributed by atoms with Crippen LogP contribution in [0.3, 0.4) is 0 Å². The van der Waals surface area contributed by atoms with Crippen molar-refractivity contribution in [3.05, 3.63) is 29.8 Å². The van der Waals surface area contributed by atoms with Crippen molar-refractivity contribution in [3.8, 4) is 11.8 Å². The average Bonchev–Trinajstić information content (AvgIpc) is 2.43. The highest BCUT2D eigenvalue weighted by molar-refractivity contribution is 7.98. The van der Waals surface area contributed by atoms with Gasteiger partial charge in [-0.05, 0) is 49.6 Å². The molecule has 0 heterocycles. The molecule has 110 valence electrons. The van der Waals surface area contributed by atoms with E-state index in [9.17, 15) is 8.42 Å². The van der Waals surface area contributed by atoms with Crippen molar-refractivity contribution in [2.75, 3.05) is 18.6 Å². The first-order valence-electron chi connectivity index (χ1n) is 6.30. The van der Waals surface area contributed by atoms with Crippen molar-refractivity contribution >= 4 is 21.8 Å². The third-order valence-electron chi connectivity index (χ3n) is 2.61. The summed E-state index contributed by atoms with van der Waals surface area (Å²) in [6.45, 7) is 2.16. The Morgan fingerprint density at radius 2 is 2.00 bits per heavy atom. The van der Waals surface area contributed by atoms with E-state index in [-0.39, 0.29) is 17.5 Å². The molecule has 0 fully saturated rings. The van der Waals surface area contributed by atoms with Gasteiger partial charge in [0.15, 0.2) is 0 Å². The molecule has 0 saturated carbocycles. The highest BCUT2D eigenvalue weighted by Crippen LogP contribution is 2.11. The summed E-state index contributed by atoms with van der Waals surface area (Å²) >= 11 is 1.70. The summed E-state index contributed by atoms with van der Waals surface area (Å²) in [6.07, 6.45) is 2.81. The second-order valence-electron chi connectivity index (χ2n) is 4.33. The van der Waals surface area contributed by atoms with E-state index in [1.807, 2.05) is 13.2 Å². The zero-order valence-corrected chi connectivity index (χ0v) is 13.4. The maximum absolute atomic E-state index is 12.2. The van der Waals surface area contributed by atoms with Gasteiger partial charge in [-0.1, -0.05) is 11.8 Å².